The summed E-state index contributed by atoms with van der Waals surface area (Å²) in [5, 5.41) is 47.2. The van der Waals surface area contributed by atoms with E-state index >= 15 is 0 Å². The third kappa shape index (κ3) is 9.80. The zero-order valence-corrected chi connectivity index (χ0v) is 18.8. The molecular formula is C20H32N4O10. The average molecular weight is 488 g/mol. The minimum absolute atomic E-state index is 0.183. The molecule has 34 heavy (non-hydrogen) atoms. The van der Waals surface area contributed by atoms with E-state index in [-0.39, 0.29) is 30.2 Å². The van der Waals surface area contributed by atoms with Gasteiger partial charge in [0, 0.05) is 32.3 Å². The highest BCUT2D eigenvalue weighted by atomic mass is 16.6. The number of rotatable bonds is 17. The number of nitrogens with one attached hydrogen (secondary N) is 2. The van der Waals surface area contributed by atoms with Crippen LogP contribution in [0.25, 0.3) is 0 Å². The molecule has 0 spiro atoms. The van der Waals surface area contributed by atoms with E-state index in [2.05, 4.69) is 10.6 Å². The molecule has 1 aromatic carbocycles. The Morgan fingerprint density at radius 3 is 2.26 bits per heavy atom. The fourth-order valence-electron chi connectivity index (χ4n) is 3.16. The monoisotopic (exact) mass is 488 g/mol. The van der Waals surface area contributed by atoms with Crippen molar-refractivity contribution in [1.29, 1.82) is 0 Å². The number of nitro groups is 2. The first-order valence-corrected chi connectivity index (χ1v) is 11.0. The van der Waals surface area contributed by atoms with Crippen LogP contribution >= 0.6 is 0 Å². The Bertz CT molecular complexity index is 769. The van der Waals surface area contributed by atoms with Gasteiger partial charge >= 0.3 is 0 Å². The van der Waals surface area contributed by atoms with Crippen LogP contribution in [0.15, 0.2) is 18.2 Å². The van der Waals surface area contributed by atoms with Crippen LogP contribution < -0.4 is 10.6 Å². The quantitative estimate of drug-likeness (QED) is 0.131. The maximum absolute atomic E-state index is 11.1. The SMILES string of the molecule is O=[N+]([O-])c1ccc(NCCOCCOCCOCCNCC2OCCC(O)C2O)c([N+](=O)[O-])c1. The fourth-order valence-corrected chi connectivity index (χ4v) is 3.16. The number of aliphatic hydroxyl groups excluding tert-OH is 2. The summed E-state index contributed by atoms with van der Waals surface area (Å²) in [5.41, 5.74) is -0.533. The van der Waals surface area contributed by atoms with Gasteiger partial charge in [-0.15, -0.1) is 0 Å². The lowest BCUT2D eigenvalue weighted by Crippen LogP contribution is -2.49. The van der Waals surface area contributed by atoms with Gasteiger partial charge < -0.3 is 39.8 Å². The van der Waals surface area contributed by atoms with Crippen molar-refractivity contribution in [3.05, 3.63) is 38.4 Å². The van der Waals surface area contributed by atoms with Crippen molar-refractivity contribution in [2.24, 2.45) is 0 Å². The van der Waals surface area contributed by atoms with Gasteiger partial charge in [0.15, 0.2) is 0 Å². The van der Waals surface area contributed by atoms with Gasteiger partial charge in [0.05, 0.1) is 67.8 Å². The van der Waals surface area contributed by atoms with Gasteiger partial charge in [0.1, 0.15) is 11.8 Å². The normalized spacial score (nSPS) is 20.2. The number of ether oxygens (including phenoxy) is 4. The minimum atomic E-state index is -0.880. The molecule has 0 bridgehead atoms. The van der Waals surface area contributed by atoms with E-state index in [9.17, 15) is 30.4 Å². The predicted octanol–water partition coefficient (Wildman–Crippen LogP) is 0.0650. The minimum Gasteiger partial charge on any atom is -0.390 e. The topological polar surface area (TPSA) is 188 Å². The Labute approximate surface area is 196 Å². The molecule has 0 aliphatic carbocycles. The van der Waals surface area contributed by atoms with Crippen molar-refractivity contribution in [2.45, 2.75) is 24.7 Å². The number of benzene rings is 1. The van der Waals surface area contributed by atoms with Crippen molar-refractivity contribution in [1.82, 2.24) is 5.32 Å². The van der Waals surface area contributed by atoms with E-state index in [0.717, 1.165) is 6.07 Å². The average Bonchev–Trinajstić information content (AvgIpc) is 2.81. The molecular weight excluding hydrogens is 456 g/mol. The van der Waals surface area contributed by atoms with Crippen LogP contribution in [0.1, 0.15) is 6.42 Å². The largest absolute Gasteiger partial charge is 0.390 e. The Balaban J connectivity index is 1.42. The maximum Gasteiger partial charge on any atom is 0.299 e. The van der Waals surface area contributed by atoms with E-state index in [1.807, 2.05) is 0 Å². The Hall–Kier alpha value is -2.46. The summed E-state index contributed by atoms with van der Waals surface area (Å²) in [6, 6.07) is 3.41. The highest BCUT2D eigenvalue weighted by Crippen LogP contribution is 2.28. The summed E-state index contributed by atoms with van der Waals surface area (Å²) < 4.78 is 21.6. The van der Waals surface area contributed by atoms with Gasteiger partial charge in [0.25, 0.3) is 11.4 Å². The van der Waals surface area contributed by atoms with E-state index in [1.54, 1.807) is 0 Å². The number of non-ortho nitro benzene ring substituents is 1. The molecule has 3 unspecified atom stereocenters. The molecule has 0 amide bonds. The third-order valence-electron chi connectivity index (χ3n) is 4.98. The van der Waals surface area contributed by atoms with Crippen molar-refractivity contribution >= 4 is 17.1 Å². The number of hydrogen-bond donors (Lipinski definition) is 4. The standard InChI is InChI=1S/C20H32N4O10/c25-18-3-6-34-19(20(18)26)14-21-4-7-31-9-11-33-12-10-32-8-5-22-16-2-1-15(23(27)28)13-17(16)24(29)30/h1-2,13,18-22,25-26H,3-12,14H2. The molecule has 1 heterocycles. The fraction of sp³-hybridized carbons (Fsp3) is 0.700. The first-order valence-electron chi connectivity index (χ1n) is 11.0. The lowest BCUT2D eigenvalue weighted by atomic mass is 10.0. The molecule has 1 saturated heterocycles. The predicted molar refractivity (Wildman–Crippen MR) is 120 cm³/mol. The van der Waals surface area contributed by atoms with Gasteiger partial charge in [-0.2, -0.15) is 0 Å². The molecule has 3 atom stereocenters. The molecule has 192 valence electrons. The molecule has 14 nitrogen and oxygen atoms in total. The number of nitro benzene ring substituents is 2. The third-order valence-corrected chi connectivity index (χ3v) is 4.98. The molecule has 1 aromatic rings. The lowest BCUT2D eigenvalue weighted by Gasteiger charge is -2.32. The van der Waals surface area contributed by atoms with Gasteiger partial charge in [-0.25, -0.2) is 0 Å². The van der Waals surface area contributed by atoms with E-state index in [0.29, 0.717) is 59.2 Å². The Morgan fingerprint density at radius 1 is 0.971 bits per heavy atom. The molecule has 2 rings (SSSR count). The second-order valence-electron chi connectivity index (χ2n) is 7.44. The zero-order valence-electron chi connectivity index (χ0n) is 18.8. The van der Waals surface area contributed by atoms with Crippen molar-refractivity contribution in [3.63, 3.8) is 0 Å². The lowest BCUT2D eigenvalue weighted by molar-refractivity contribution is -0.393. The summed E-state index contributed by atoms with van der Waals surface area (Å²) >= 11 is 0. The van der Waals surface area contributed by atoms with E-state index in [4.69, 9.17) is 18.9 Å². The van der Waals surface area contributed by atoms with E-state index < -0.39 is 28.2 Å². The molecule has 0 saturated carbocycles. The van der Waals surface area contributed by atoms with Crippen LogP contribution in [0.2, 0.25) is 0 Å². The van der Waals surface area contributed by atoms with Crippen LogP contribution in [0.4, 0.5) is 17.1 Å². The maximum atomic E-state index is 11.1. The Morgan fingerprint density at radius 2 is 1.62 bits per heavy atom. The first kappa shape index (κ1) is 27.8. The van der Waals surface area contributed by atoms with Gasteiger partial charge in [-0.3, -0.25) is 20.2 Å². The summed E-state index contributed by atoms with van der Waals surface area (Å²) in [6.45, 7) is 3.97. The number of anilines is 1. The summed E-state index contributed by atoms with van der Waals surface area (Å²) in [5.74, 6) is 0. The molecule has 0 aromatic heterocycles. The van der Waals surface area contributed by atoms with Gasteiger partial charge in [0.2, 0.25) is 0 Å². The van der Waals surface area contributed by atoms with Crippen LogP contribution in [0.3, 0.4) is 0 Å². The van der Waals surface area contributed by atoms with Crippen molar-refractivity contribution < 1.29 is 39.0 Å². The van der Waals surface area contributed by atoms with Crippen molar-refractivity contribution in [2.75, 3.05) is 71.2 Å². The second-order valence-corrected chi connectivity index (χ2v) is 7.44. The van der Waals surface area contributed by atoms with Crippen LogP contribution in [-0.2, 0) is 18.9 Å². The summed E-state index contributed by atoms with van der Waals surface area (Å²) in [7, 11) is 0. The smallest absolute Gasteiger partial charge is 0.299 e. The second kappa shape index (κ2) is 15.4. The van der Waals surface area contributed by atoms with Crippen LogP contribution in [0.5, 0.6) is 0 Å². The number of nitrogens with zero attached hydrogens (tertiary/aromatic N) is 2. The number of hydrogen-bond acceptors (Lipinski definition) is 12. The number of aliphatic hydroxyl groups is 2. The summed E-state index contributed by atoms with van der Waals surface area (Å²) in [4.78, 5) is 20.5. The molecule has 1 aliphatic rings. The highest BCUT2D eigenvalue weighted by Gasteiger charge is 2.30. The zero-order chi connectivity index (χ0) is 24.8. The molecule has 0 radical (unpaired) electrons. The summed E-state index contributed by atoms with van der Waals surface area (Å²) in [6.07, 6.45) is -1.61. The molecule has 14 heteroatoms. The molecule has 1 aliphatic heterocycles. The van der Waals surface area contributed by atoms with Crippen LogP contribution in [0, 0.1) is 20.2 Å². The molecule has 4 N–H and O–H groups in total. The first-order chi connectivity index (χ1) is 16.4. The molecule has 1 fully saturated rings. The highest BCUT2D eigenvalue weighted by molar-refractivity contribution is 5.65. The van der Waals surface area contributed by atoms with E-state index in [1.165, 1.54) is 12.1 Å². The van der Waals surface area contributed by atoms with Crippen molar-refractivity contribution in [3.8, 4) is 0 Å². The van der Waals surface area contributed by atoms with Gasteiger partial charge in [-0.1, -0.05) is 0 Å². The van der Waals surface area contributed by atoms with Crippen LogP contribution in [-0.4, -0.2) is 104 Å². The van der Waals surface area contributed by atoms with Gasteiger partial charge in [-0.05, 0) is 12.5 Å². The Kier molecular flexibility index (Phi) is 12.6.